The molecule has 8 nitrogen and oxygen atoms in total. The van der Waals surface area contributed by atoms with E-state index in [1.54, 1.807) is 0 Å². The average Bonchev–Trinajstić information content (AvgIpc) is 1.14. The first kappa shape index (κ1) is 18.6. The van der Waals surface area contributed by atoms with Gasteiger partial charge in [0.15, 0.2) is 0 Å². The van der Waals surface area contributed by atoms with Gasteiger partial charge >= 0.3 is 51.4 Å². The Labute approximate surface area is 104 Å². The zero-order valence-corrected chi connectivity index (χ0v) is 10.2. The van der Waals surface area contributed by atoms with E-state index in [1.807, 2.05) is 0 Å². The molecule has 0 aromatic carbocycles. The molecule has 0 spiro atoms. The fourth-order valence-corrected chi connectivity index (χ4v) is 1.10. The molecule has 0 unspecified atom stereocenters. The van der Waals surface area contributed by atoms with Gasteiger partial charge in [-0.1, -0.05) is 0 Å². The summed E-state index contributed by atoms with van der Waals surface area (Å²) in [5.41, 5.74) is 0. The maximum Gasteiger partial charge on any atom is 1.00 e. The minimum atomic E-state index is -5.68. The molecule has 0 aromatic rings. The molecule has 11 heteroatoms. The van der Waals surface area contributed by atoms with E-state index in [-0.39, 0.29) is 56.9 Å². The van der Waals surface area contributed by atoms with Crippen LogP contribution in [0, 0.1) is 0 Å². The van der Waals surface area contributed by atoms with E-state index in [1.165, 1.54) is 0 Å². The molecular formula is H2KO8P2-3. The zero-order valence-electron chi connectivity index (χ0n) is 5.25. The first-order valence-electron chi connectivity index (χ1n) is 1.46. The van der Waals surface area contributed by atoms with E-state index in [9.17, 15) is 28.7 Å². The third-order valence-corrected chi connectivity index (χ3v) is 1.80. The Balaban J connectivity index is -0.000000320. The number of phosphoric acid groups is 2. The van der Waals surface area contributed by atoms with Crippen LogP contribution >= 0.6 is 15.6 Å². The predicted molar refractivity (Wildman–Crippen MR) is 19.9 cm³/mol. The third-order valence-electron chi connectivity index (χ3n) is 0.200. The average molecular weight is 231 g/mol. The molecule has 0 fully saturated rings. The van der Waals surface area contributed by atoms with Gasteiger partial charge in [0.05, 0.1) is 15.6 Å². The van der Waals surface area contributed by atoms with E-state index in [4.69, 9.17) is 0 Å². The zero-order chi connectivity index (χ0) is 7.71. The van der Waals surface area contributed by atoms with E-state index >= 15 is 0 Å². The maximum absolute atomic E-state index is 9.32. The van der Waals surface area contributed by atoms with Gasteiger partial charge in [-0.25, -0.2) is 0 Å². The van der Waals surface area contributed by atoms with Crippen molar-refractivity contribution in [1.82, 2.24) is 0 Å². The van der Waals surface area contributed by atoms with Gasteiger partial charge in [-0.2, -0.15) is 0 Å². The number of hydrogen-bond acceptors (Lipinski definition) is 7. The molecule has 0 aromatic heterocycles. The molecule has 2 N–H and O–H groups in total. The second kappa shape index (κ2) is 6.33. The Bertz CT molecular complexity index is 153. The summed E-state index contributed by atoms with van der Waals surface area (Å²) < 4.78 is 21.2. The molecule has 0 saturated heterocycles. The van der Waals surface area contributed by atoms with Crippen molar-refractivity contribution in [2.24, 2.45) is 0 Å². The van der Waals surface area contributed by atoms with Crippen molar-refractivity contribution < 1.29 is 89.9 Å². The SMILES string of the molecule is O.O=P([O-])([O-])OP(=O)([O-])[O-].[K+]. The topological polar surface area (TPSA) is 167 Å². The van der Waals surface area contributed by atoms with Gasteiger partial charge in [0.2, 0.25) is 0 Å². The van der Waals surface area contributed by atoms with Crippen LogP contribution in [0.5, 0.6) is 0 Å². The quantitative estimate of drug-likeness (QED) is 0.335. The van der Waals surface area contributed by atoms with Crippen molar-refractivity contribution in [2.45, 2.75) is 0 Å². The normalized spacial score (nSPS) is 11.3. The predicted octanol–water partition coefficient (Wildman–Crippen LogP) is -7.16. The van der Waals surface area contributed by atoms with Crippen molar-refractivity contribution in [3.63, 3.8) is 0 Å². The Morgan fingerprint density at radius 2 is 1.09 bits per heavy atom. The Morgan fingerprint density at radius 1 is 0.909 bits per heavy atom. The molecule has 0 aliphatic rings. The molecule has 0 radical (unpaired) electrons. The minimum Gasteiger partial charge on any atom is -0.790 e. The van der Waals surface area contributed by atoms with Crippen molar-refractivity contribution >= 4 is 15.6 Å². The molecule has 11 heavy (non-hydrogen) atoms. The molecule has 0 rings (SSSR count). The van der Waals surface area contributed by atoms with Crippen LogP contribution in [-0.2, 0) is 13.4 Å². The monoisotopic (exact) mass is 231 g/mol. The largest absolute Gasteiger partial charge is 1.00 e. The first-order chi connectivity index (χ1) is 3.71. The second-order valence-electron chi connectivity index (χ2n) is 0.976. The van der Waals surface area contributed by atoms with E-state index in [2.05, 4.69) is 4.31 Å². The van der Waals surface area contributed by atoms with E-state index in [0.29, 0.717) is 0 Å². The molecule has 0 saturated carbocycles. The maximum atomic E-state index is 9.32. The summed E-state index contributed by atoms with van der Waals surface area (Å²) in [5.74, 6) is 0. The van der Waals surface area contributed by atoms with E-state index in [0.717, 1.165) is 0 Å². The fraction of sp³-hybridized carbons (Fsp3) is 0. The van der Waals surface area contributed by atoms with Gasteiger partial charge in [0.1, 0.15) is 0 Å². The fourth-order valence-electron chi connectivity index (χ4n) is 0.122. The van der Waals surface area contributed by atoms with Gasteiger partial charge in [-0.15, -0.1) is 0 Å². The van der Waals surface area contributed by atoms with Gasteiger partial charge < -0.3 is 38.5 Å². The van der Waals surface area contributed by atoms with Crippen molar-refractivity contribution in [1.29, 1.82) is 0 Å². The summed E-state index contributed by atoms with van der Waals surface area (Å²) in [4.78, 5) is 37.3. The minimum absolute atomic E-state index is 0. The van der Waals surface area contributed by atoms with Crippen molar-refractivity contribution in [2.75, 3.05) is 0 Å². The Morgan fingerprint density at radius 3 is 1.09 bits per heavy atom. The molecule has 0 aliphatic carbocycles. The number of hydrogen-bond donors (Lipinski definition) is 0. The number of rotatable bonds is 2. The summed E-state index contributed by atoms with van der Waals surface area (Å²) in [7, 11) is -11.4. The molecule has 0 amide bonds. The first-order valence-corrected chi connectivity index (χ1v) is 4.38. The van der Waals surface area contributed by atoms with Crippen molar-refractivity contribution in [3.8, 4) is 0 Å². The van der Waals surface area contributed by atoms with Crippen molar-refractivity contribution in [3.05, 3.63) is 0 Å². The van der Waals surface area contributed by atoms with Crippen LogP contribution < -0.4 is 71.0 Å². The summed E-state index contributed by atoms with van der Waals surface area (Å²) in [5, 5.41) is 0. The summed E-state index contributed by atoms with van der Waals surface area (Å²) >= 11 is 0. The Kier molecular flexibility index (Phi) is 10.7. The smallest absolute Gasteiger partial charge is 0.790 e. The van der Waals surface area contributed by atoms with E-state index < -0.39 is 15.6 Å². The van der Waals surface area contributed by atoms with Crippen LogP contribution in [0.1, 0.15) is 0 Å². The molecule has 64 valence electrons. The molecular weight excluding hydrogens is 229 g/mol. The molecule has 0 aliphatic heterocycles. The summed E-state index contributed by atoms with van der Waals surface area (Å²) in [6, 6.07) is 0. The Hall–Kier alpha value is 1.86. The summed E-state index contributed by atoms with van der Waals surface area (Å²) in [6.45, 7) is 0. The van der Waals surface area contributed by atoms with Crippen LogP contribution in [-0.4, -0.2) is 5.48 Å². The second-order valence-corrected chi connectivity index (χ2v) is 3.42. The van der Waals surface area contributed by atoms with Crippen LogP contribution in [0.3, 0.4) is 0 Å². The molecule has 0 heterocycles. The van der Waals surface area contributed by atoms with Crippen LogP contribution in [0.4, 0.5) is 0 Å². The summed E-state index contributed by atoms with van der Waals surface area (Å²) in [6.07, 6.45) is 0. The third kappa shape index (κ3) is 18.7. The van der Waals surface area contributed by atoms with Crippen LogP contribution in [0.25, 0.3) is 0 Å². The molecule has 0 atom stereocenters. The van der Waals surface area contributed by atoms with Gasteiger partial charge in [0.25, 0.3) is 0 Å². The van der Waals surface area contributed by atoms with Crippen LogP contribution in [0.2, 0.25) is 0 Å². The van der Waals surface area contributed by atoms with Gasteiger partial charge in [-0.05, 0) is 0 Å². The van der Waals surface area contributed by atoms with Crippen LogP contribution in [0.15, 0.2) is 0 Å². The van der Waals surface area contributed by atoms with Gasteiger partial charge in [0, 0.05) is 0 Å². The van der Waals surface area contributed by atoms with Gasteiger partial charge in [-0.3, -0.25) is 0 Å². The standard InChI is InChI=1S/K.H4O7P2.H2O/c;1-8(2,3)7-9(4,5)6;/h;(H2,1,2,3)(H2,4,5,6);1H2/q+1;;/p-4. The molecule has 0 bridgehead atoms.